The molecule has 0 unspecified atom stereocenters. The van der Waals surface area contributed by atoms with E-state index in [9.17, 15) is 13.6 Å². The highest BCUT2D eigenvalue weighted by molar-refractivity contribution is 9.09. The largest absolute Gasteiger partial charge is 0.505 e. The maximum absolute atomic E-state index is 12.6. The average Bonchev–Trinajstić information content (AvgIpc) is 2.12. The van der Waals surface area contributed by atoms with Gasteiger partial charge < -0.3 is 5.11 Å². The molecule has 0 bridgehead atoms. The molecule has 0 amide bonds. The highest BCUT2D eigenvalue weighted by Gasteiger charge is 2.13. The fourth-order valence-electron chi connectivity index (χ4n) is 0.813. The second-order valence-electron chi connectivity index (χ2n) is 2.35. The molecule has 1 aromatic rings. The number of aromatic hydroxyl groups is 1. The van der Waals surface area contributed by atoms with Crippen molar-refractivity contribution in [3.05, 3.63) is 29.3 Å². The Morgan fingerprint density at radius 1 is 1.46 bits per heavy atom. The zero-order valence-electron chi connectivity index (χ0n) is 6.35. The van der Waals surface area contributed by atoms with Crippen molar-refractivity contribution in [2.45, 2.75) is 0 Å². The molecule has 0 atom stereocenters. The van der Waals surface area contributed by atoms with Crippen molar-refractivity contribution >= 4 is 21.7 Å². The van der Waals surface area contributed by atoms with Crippen LogP contribution in [0.5, 0.6) is 5.75 Å². The van der Waals surface area contributed by atoms with Crippen molar-refractivity contribution in [3.8, 4) is 5.75 Å². The van der Waals surface area contributed by atoms with E-state index < -0.39 is 23.2 Å². The minimum absolute atomic E-state index is 0.00247. The fraction of sp³-hybridized carbons (Fsp3) is 0.125. The Morgan fingerprint density at radius 3 is 2.54 bits per heavy atom. The fourth-order valence-corrected chi connectivity index (χ4v) is 1.14. The zero-order chi connectivity index (χ0) is 10.0. The van der Waals surface area contributed by atoms with Crippen molar-refractivity contribution in [1.29, 1.82) is 0 Å². The first-order chi connectivity index (χ1) is 6.06. The summed E-state index contributed by atoms with van der Waals surface area (Å²) in [6.45, 7) is 0. The van der Waals surface area contributed by atoms with Gasteiger partial charge in [0.25, 0.3) is 0 Å². The molecule has 1 aromatic carbocycles. The quantitative estimate of drug-likeness (QED) is 0.646. The monoisotopic (exact) mass is 250 g/mol. The number of phenols is 1. The Balaban J connectivity index is 3.20. The molecule has 0 saturated carbocycles. The van der Waals surface area contributed by atoms with Crippen LogP contribution >= 0.6 is 15.9 Å². The maximum atomic E-state index is 12.6. The Bertz CT molecular complexity index is 329. The van der Waals surface area contributed by atoms with Gasteiger partial charge in [-0.2, -0.15) is 4.39 Å². The number of carbonyl (C=O) groups excluding carboxylic acids is 1. The Kier molecular flexibility index (Phi) is 2.98. The van der Waals surface area contributed by atoms with E-state index in [1.54, 1.807) is 0 Å². The molecule has 1 rings (SSSR count). The van der Waals surface area contributed by atoms with Crippen molar-refractivity contribution in [3.63, 3.8) is 0 Å². The third-order valence-corrected chi connectivity index (χ3v) is 1.96. The minimum Gasteiger partial charge on any atom is -0.505 e. The second-order valence-corrected chi connectivity index (χ2v) is 2.91. The van der Waals surface area contributed by atoms with E-state index in [1.807, 2.05) is 0 Å². The summed E-state index contributed by atoms with van der Waals surface area (Å²) in [7, 11) is 0. The number of Topliss-reactive ketones (excluding diaryl/α,β-unsaturated/α-hetero) is 1. The van der Waals surface area contributed by atoms with Crippen LogP contribution in [0.3, 0.4) is 0 Å². The molecule has 0 aliphatic carbocycles. The van der Waals surface area contributed by atoms with Gasteiger partial charge in [0.1, 0.15) is 0 Å². The van der Waals surface area contributed by atoms with E-state index in [2.05, 4.69) is 15.9 Å². The number of hydrogen-bond donors (Lipinski definition) is 1. The molecule has 0 aliphatic rings. The van der Waals surface area contributed by atoms with Crippen LogP contribution in [0.2, 0.25) is 0 Å². The van der Waals surface area contributed by atoms with E-state index in [-0.39, 0.29) is 10.9 Å². The highest BCUT2D eigenvalue weighted by atomic mass is 79.9. The molecule has 1 N–H and O–H groups in total. The van der Waals surface area contributed by atoms with Gasteiger partial charge in [0.05, 0.1) is 5.33 Å². The van der Waals surface area contributed by atoms with Crippen LogP contribution in [0.25, 0.3) is 0 Å². The molecule has 0 spiro atoms. The third-order valence-electron chi connectivity index (χ3n) is 1.45. The summed E-state index contributed by atoms with van der Waals surface area (Å²) in [5.74, 6) is -3.85. The lowest BCUT2D eigenvalue weighted by atomic mass is 10.1. The number of halogens is 3. The number of ketones is 1. The lowest BCUT2D eigenvalue weighted by Gasteiger charge is -2.00. The van der Waals surface area contributed by atoms with Crippen LogP contribution in [0, 0.1) is 11.6 Å². The van der Waals surface area contributed by atoms with Gasteiger partial charge in [-0.05, 0) is 12.1 Å². The third kappa shape index (κ3) is 2.03. The standard InChI is InChI=1S/C8H5BrF2O2/c9-3-7(13)4-1-5(10)8(11)6(12)2-4/h1-2,12H,3H2. The topological polar surface area (TPSA) is 37.3 Å². The van der Waals surface area contributed by atoms with Crippen molar-refractivity contribution in [1.82, 2.24) is 0 Å². The summed E-state index contributed by atoms with van der Waals surface area (Å²) in [4.78, 5) is 11.0. The van der Waals surface area contributed by atoms with Crippen molar-refractivity contribution in [2.24, 2.45) is 0 Å². The Labute approximate surface area is 81.3 Å². The van der Waals surface area contributed by atoms with E-state index in [1.165, 1.54) is 0 Å². The van der Waals surface area contributed by atoms with E-state index in [4.69, 9.17) is 5.11 Å². The van der Waals surface area contributed by atoms with Crippen LogP contribution in [0.15, 0.2) is 12.1 Å². The molecular weight excluding hydrogens is 246 g/mol. The molecule has 0 aliphatic heterocycles. The van der Waals surface area contributed by atoms with Crippen LogP contribution < -0.4 is 0 Å². The van der Waals surface area contributed by atoms with Gasteiger partial charge in [-0.3, -0.25) is 4.79 Å². The van der Waals surface area contributed by atoms with Gasteiger partial charge in [-0.1, -0.05) is 15.9 Å². The number of phenolic OH excluding ortho intramolecular Hbond substituents is 1. The molecule has 0 heterocycles. The SMILES string of the molecule is O=C(CBr)c1cc(O)c(F)c(F)c1. The van der Waals surface area contributed by atoms with Crippen LogP contribution in [0.4, 0.5) is 8.78 Å². The smallest absolute Gasteiger partial charge is 0.200 e. The first-order valence-corrected chi connectivity index (χ1v) is 4.45. The average molecular weight is 251 g/mol. The summed E-state index contributed by atoms with van der Waals surface area (Å²) in [6, 6.07) is 1.64. The minimum atomic E-state index is -1.34. The summed E-state index contributed by atoms with van der Waals surface area (Å²) in [5, 5.41) is 8.84. The lowest BCUT2D eigenvalue weighted by molar-refractivity contribution is 0.102. The summed E-state index contributed by atoms with van der Waals surface area (Å²) in [5.41, 5.74) is -0.0618. The van der Waals surface area contributed by atoms with Crippen LogP contribution in [-0.4, -0.2) is 16.2 Å². The summed E-state index contributed by atoms with van der Waals surface area (Å²) < 4.78 is 25.2. The normalized spacial score (nSPS) is 10.1. The predicted octanol–water partition coefficient (Wildman–Crippen LogP) is 2.25. The molecule has 0 radical (unpaired) electrons. The number of carbonyl (C=O) groups is 1. The molecule has 0 fully saturated rings. The second kappa shape index (κ2) is 3.83. The summed E-state index contributed by atoms with van der Waals surface area (Å²) >= 11 is 2.87. The van der Waals surface area contributed by atoms with Gasteiger partial charge >= 0.3 is 0 Å². The van der Waals surface area contributed by atoms with Gasteiger partial charge in [-0.25, -0.2) is 4.39 Å². The van der Waals surface area contributed by atoms with Crippen LogP contribution in [-0.2, 0) is 0 Å². The molecule has 0 saturated heterocycles. The lowest BCUT2D eigenvalue weighted by Crippen LogP contribution is -2.01. The summed E-state index contributed by atoms with van der Waals surface area (Å²) in [6.07, 6.45) is 0. The van der Waals surface area contributed by atoms with E-state index >= 15 is 0 Å². The maximum Gasteiger partial charge on any atom is 0.200 e. The molecular formula is C8H5BrF2O2. The first-order valence-electron chi connectivity index (χ1n) is 3.33. The predicted molar refractivity (Wildman–Crippen MR) is 46.1 cm³/mol. The van der Waals surface area contributed by atoms with E-state index in [0.29, 0.717) is 0 Å². The Morgan fingerprint density at radius 2 is 2.08 bits per heavy atom. The van der Waals surface area contributed by atoms with Gasteiger partial charge in [0.2, 0.25) is 0 Å². The van der Waals surface area contributed by atoms with Crippen LogP contribution in [0.1, 0.15) is 10.4 Å². The number of rotatable bonds is 2. The number of benzene rings is 1. The van der Waals surface area contributed by atoms with Gasteiger partial charge in [0.15, 0.2) is 23.2 Å². The molecule has 13 heavy (non-hydrogen) atoms. The van der Waals surface area contributed by atoms with Crippen molar-refractivity contribution < 1.29 is 18.7 Å². The van der Waals surface area contributed by atoms with E-state index in [0.717, 1.165) is 12.1 Å². The van der Waals surface area contributed by atoms with Gasteiger partial charge in [0, 0.05) is 5.56 Å². The number of hydrogen-bond acceptors (Lipinski definition) is 2. The van der Waals surface area contributed by atoms with Crippen molar-refractivity contribution in [2.75, 3.05) is 5.33 Å². The Hall–Kier alpha value is -0.970. The first kappa shape index (κ1) is 10.1. The zero-order valence-corrected chi connectivity index (χ0v) is 7.94. The highest BCUT2D eigenvalue weighted by Crippen LogP contribution is 2.21. The molecule has 5 heteroatoms. The number of alkyl halides is 1. The van der Waals surface area contributed by atoms with Gasteiger partial charge in [-0.15, -0.1) is 0 Å². The molecule has 0 aromatic heterocycles. The molecule has 70 valence electrons. The molecule has 2 nitrogen and oxygen atoms in total.